The fraction of sp³-hybridized carbons (Fsp3) is 0.368. The second-order valence-electron chi connectivity index (χ2n) is 6.59. The number of hydrogen-bond donors (Lipinski definition) is 1. The predicted octanol–water partition coefficient (Wildman–Crippen LogP) is 2.18. The molecule has 1 atom stereocenters. The second-order valence-corrected chi connectivity index (χ2v) is 8.45. The molecule has 1 aromatic carbocycles. The molecule has 1 fully saturated rings. The summed E-state index contributed by atoms with van der Waals surface area (Å²) in [6, 6.07) is 11.3. The number of amides is 1. The summed E-state index contributed by atoms with van der Waals surface area (Å²) in [6.07, 6.45) is 0.899. The average molecular weight is 443 g/mol. The molecular formula is C19H20F3N3O4S. The van der Waals surface area contributed by atoms with Gasteiger partial charge < -0.3 is 10.1 Å². The molecule has 1 saturated heterocycles. The van der Waals surface area contributed by atoms with Gasteiger partial charge in [0.05, 0.1) is 24.8 Å². The van der Waals surface area contributed by atoms with Gasteiger partial charge in [0.25, 0.3) is 15.7 Å². The fourth-order valence-corrected chi connectivity index (χ4v) is 4.06. The van der Waals surface area contributed by atoms with Crippen LogP contribution in [-0.4, -0.2) is 62.6 Å². The van der Waals surface area contributed by atoms with E-state index in [9.17, 15) is 26.4 Å². The van der Waals surface area contributed by atoms with Crippen molar-refractivity contribution in [1.29, 1.82) is 0 Å². The van der Waals surface area contributed by atoms with Crippen LogP contribution in [0.2, 0.25) is 0 Å². The van der Waals surface area contributed by atoms with E-state index in [2.05, 4.69) is 15.2 Å². The summed E-state index contributed by atoms with van der Waals surface area (Å²) in [7, 11) is -5.76. The van der Waals surface area contributed by atoms with Gasteiger partial charge in [0.2, 0.25) is 0 Å². The minimum absolute atomic E-state index is 0.0727. The summed E-state index contributed by atoms with van der Waals surface area (Å²) < 4.78 is 67.8. The first-order valence-corrected chi connectivity index (χ1v) is 10.6. The maximum Gasteiger partial charge on any atom is 0.503 e. The summed E-state index contributed by atoms with van der Waals surface area (Å²) in [4.78, 5) is 18.0. The predicted molar refractivity (Wildman–Crippen MR) is 101 cm³/mol. The van der Waals surface area contributed by atoms with Crippen molar-refractivity contribution in [1.82, 2.24) is 15.2 Å². The van der Waals surface area contributed by atoms with Crippen LogP contribution in [0.3, 0.4) is 0 Å². The van der Waals surface area contributed by atoms with Gasteiger partial charge in [0.15, 0.2) is 5.03 Å². The standard InChI is InChI=1S/C19H20F3N3O4S/c20-19(21,22)30(27,28)18-15(7-4-8-23-18)17(26)24-13-16(14-5-2-1-3-6-14)25-9-11-29-12-10-25/h1-8,16H,9-13H2,(H,24,26). The molecule has 1 aliphatic rings. The molecule has 2 aromatic rings. The van der Waals surface area contributed by atoms with E-state index in [0.29, 0.717) is 26.3 Å². The third-order valence-electron chi connectivity index (χ3n) is 4.70. The van der Waals surface area contributed by atoms with Gasteiger partial charge in [-0.15, -0.1) is 0 Å². The molecule has 0 bridgehead atoms. The Morgan fingerprint density at radius 3 is 2.43 bits per heavy atom. The maximum absolute atomic E-state index is 13.0. The van der Waals surface area contributed by atoms with Gasteiger partial charge in [-0.25, -0.2) is 13.4 Å². The first kappa shape index (κ1) is 22.2. The van der Waals surface area contributed by atoms with Crippen LogP contribution in [0, 0.1) is 0 Å². The minimum Gasteiger partial charge on any atom is -0.379 e. The van der Waals surface area contributed by atoms with Crippen LogP contribution >= 0.6 is 0 Å². The quantitative estimate of drug-likeness (QED) is 0.736. The third-order valence-corrected chi connectivity index (χ3v) is 6.15. The van der Waals surface area contributed by atoms with E-state index in [-0.39, 0.29) is 12.6 Å². The van der Waals surface area contributed by atoms with Gasteiger partial charge in [0.1, 0.15) is 0 Å². The molecule has 1 aliphatic heterocycles. The number of hydrogen-bond acceptors (Lipinski definition) is 6. The number of nitrogens with one attached hydrogen (secondary N) is 1. The smallest absolute Gasteiger partial charge is 0.379 e. The molecule has 1 aromatic heterocycles. The number of aromatic nitrogens is 1. The Labute approximate surface area is 171 Å². The van der Waals surface area contributed by atoms with Gasteiger partial charge in [-0.1, -0.05) is 30.3 Å². The van der Waals surface area contributed by atoms with Crippen molar-refractivity contribution in [2.75, 3.05) is 32.8 Å². The molecule has 30 heavy (non-hydrogen) atoms. The molecule has 1 N–H and O–H groups in total. The Morgan fingerprint density at radius 2 is 1.80 bits per heavy atom. The Kier molecular flexibility index (Phi) is 6.74. The zero-order chi connectivity index (χ0) is 21.8. The van der Waals surface area contributed by atoms with Gasteiger partial charge in [0, 0.05) is 25.8 Å². The van der Waals surface area contributed by atoms with E-state index < -0.39 is 31.8 Å². The van der Waals surface area contributed by atoms with E-state index in [1.807, 2.05) is 30.3 Å². The van der Waals surface area contributed by atoms with Gasteiger partial charge in [-0.2, -0.15) is 13.2 Å². The third kappa shape index (κ3) is 4.79. The molecule has 0 radical (unpaired) electrons. The number of nitrogens with zero attached hydrogens (tertiary/aromatic N) is 2. The molecule has 11 heteroatoms. The van der Waals surface area contributed by atoms with Crippen molar-refractivity contribution in [3.05, 3.63) is 59.8 Å². The van der Waals surface area contributed by atoms with E-state index >= 15 is 0 Å². The number of sulfone groups is 1. The van der Waals surface area contributed by atoms with Crippen LogP contribution in [0.25, 0.3) is 0 Å². The number of ether oxygens (including phenoxy) is 1. The lowest BCUT2D eigenvalue weighted by atomic mass is 10.0. The Balaban J connectivity index is 1.83. The van der Waals surface area contributed by atoms with Gasteiger partial charge in [-0.3, -0.25) is 9.69 Å². The highest BCUT2D eigenvalue weighted by molar-refractivity contribution is 7.92. The molecular weight excluding hydrogens is 423 g/mol. The van der Waals surface area contributed by atoms with Crippen LogP contribution in [-0.2, 0) is 14.6 Å². The Hall–Kier alpha value is -2.50. The van der Waals surface area contributed by atoms with E-state index in [4.69, 9.17) is 4.74 Å². The number of pyridine rings is 1. The Morgan fingerprint density at radius 1 is 1.13 bits per heavy atom. The molecule has 0 aliphatic carbocycles. The fourth-order valence-electron chi connectivity index (χ4n) is 3.19. The summed E-state index contributed by atoms with van der Waals surface area (Å²) in [5, 5.41) is 1.26. The van der Waals surface area contributed by atoms with E-state index in [1.54, 1.807) is 0 Å². The normalized spacial score (nSPS) is 16.8. The zero-order valence-electron chi connectivity index (χ0n) is 15.8. The van der Waals surface area contributed by atoms with Crippen LogP contribution in [0.15, 0.2) is 53.7 Å². The largest absolute Gasteiger partial charge is 0.503 e. The SMILES string of the molecule is O=C(NCC(c1ccccc1)N1CCOCC1)c1cccnc1S(=O)(=O)C(F)(F)F. The second kappa shape index (κ2) is 9.11. The number of rotatable bonds is 6. The van der Waals surface area contributed by atoms with Crippen molar-refractivity contribution in [3.8, 4) is 0 Å². The van der Waals surface area contributed by atoms with Crippen molar-refractivity contribution in [2.45, 2.75) is 16.6 Å². The number of carbonyl (C=O) groups is 1. The topological polar surface area (TPSA) is 88.6 Å². The highest BCUT2D eigenvalue weighted by Crippen LogP contribution is 2.31. The van der Waals surface area contributed by atoms with Crippen LogP contribution in [0.4, 0.5) is 13.2 Å². The zero-order valence-corrected chi connectivity index (χ0v) is 16.6. The van der Waals surface area contributed by atoms with Crippen LogP contribution in [0.1, 0.15) is 22.0 Å². The van der Waals surface area contributed by atoms with Crippen LogP contribution in [0.5, 0.6) is 0 Å². The summed E-state index contributed by atoms with van der Waals surface area (Å²) in [6.45, 7) is 2.36. The molecule has 1 unspecified atom stereocenters. The number of morpholine rings is 1. The highest BCUT2D eigenvalue weighted by Gasteiger charge is 2.49. The molecule has 2 heterocycles. The lowest BCUT2D eigenvalue weighted by molar-refractivity contribution is -0.0438. The molecule has 3 rings (SSSR count). The van der Waals surface area contributed by atoms with Crippen molar-refractivity contribution in [2.24, 2.45) is 0 Å². The number of benzene rings is 1. The van der Waals surface area contributed by atoms with Gasteiger partial charge >= 0.3 is 5.51 Å². The number of halogens is 3. The van der Waals surface area contributed by atoms with E-state index in [1.165, 1.54) is 6.07 Å². The first-order valence-electron chi connectivity index (χ1n) is 9.13. The van der Waals surface area contributed by atoms with E-state index in [0.717, 1.165) is 17.8 Å². The molecule has 0 spiro atoms. The van der Waals surface area contributed by atoms with Crippen molar-refractivity contribution >= 4 is 15.7 Å². The lowest BCUT2D eigenvalue weighted by Crippen LogP contribution is -2.44. The maximum atomic E-state index is 13.0. The number of alkyl halides is 3. The minimum atomic E-state index is -5.76. The molecule has 0 saturated carbocycles. The van der Waals surface area contributed by atoms with Crippen LogP contribution < -0.4 is 5.32 Å². The monoisotopic (exact) mass is 443 g/mol. The van der Waals surface area contributed by atoms with Crippen molar-refractivity contribution < 1.29 is 31.1 Å². The van der Waals surface area contributed by atoms with Crippen molar-refractivity contribution in [3.63, 3.8) is 0 Å². The lowest BCUT2D eigenvalue weighted by Gasteiger charge is -2.35. The number of carbonyl (C=O) groups excluding carboxylic acids is 1. The first-order chi connectivity index (χ1) is 14.2. The molecule has 1 amide bonds. The summed E-state index contributed by atoms with van der Waals surface area (Å²) in [5.74, 6) is -0.944. The molecule has 7 nitrogen and oxygen atoms in total. The highest BCUT2D eigenvalue weighted by atomic mass is 32.2. The summed E-state index contributed by atoms with van der Waals surface area (Å²) in [5.41, 5.74) is -5.30. The van der Waals surface area contributed by atoms with Gasteiger partial charge in [-0.05, 0) is 17.7 Å². The molecule has 162 valence electrons. The average Bonchev–Trinajstić information content (AvgIpc) is 2.74. The summed E-state index contributed by atoms with van der Waals surface area (Å²) >= 11 is 0. The Bertz CT molecular complexity index is 978.